The number of nitrogens with two attached hydrogens (primary N) is 1. The molecule has 0 aliphatic rings. The molecule has 90 valence electrons. The van der Waals surface area contributed by atoms with Gasteiger partial charge in [0.05, 0.1) is 6.10 Å². The molecule has 0 amide bonds. The second-order valence-corrected chi connectivity index (χ2v) is 4.16. The van der Waals surface area contributed by atoms with Gasteiger partial charge in [0.2, 0.25) is 0 Å². The average molecular weight is 225 g/mol. The first kappa shape index (κ1) is 13.0. The third-order valence-corrected chi connectivity index (χ3v) is 2.49. The molecule has 0 aromatic heterocycles. The van der Waals surface area contributed by atoms with Crippen LogP contribution in [0.2, 0.25) is 0 Å². The minimum absolute atomic E-state index is 0.0873. The fraction of sp³-hybridized carbons (Fsp3) is 0.538. The Morgan fingerprint density at radius 3 is 2.62 bits per heavy atom. The standard InChI is InChI=1S/C13H20FNO/c1-4-6-9(2)16-12-8-5-7-11(14)13(12)10(3)15/h5,7-10H,4,6,15H2,1-3H3/t9?,10-/m1/s1. The Bertz CT molecular complexity index is 339. The van der Waals surface area contributed by atoms with Gasteiger partial charge in [-0.1, -0.05) is 19.4 Å². The van der Waals surface area contributed by atoms with E-state index in [1.165, 1.54) is 6.07 Å². The maximum Gasteiger partial charge on any atom is 0.131 e. The highest BCUT2D eigenvalue weighted by Crippen LogP contribution is 2.27. The van der Waals surface area contributed by atoms with Crippen LogP contribution in [0.3, 0.4) is 0 Å². The zero-order valence-electron chi connectivity index (χ0n) is 10.2. The molecule has 0 bridgehead atoms. The van der Waals surface area contributed by atoms with Gasteiger partial charge in [-0.15, -0.1) is 0 Å². The Labute approximate surface area is 96.6 Å². The normalized spacial score (nSPS) is 14.6. The van der Waals surface area contributed by atoms with Crippen molar-refractivity contribution >= 4 is 0 Å². The molecular weight excluding hydrogens is 205 g/mol. The first-order valence-corrected chi connectivity index (χ1v) is 5.76. The third kappa shape index (κ3) is 3.20. The quantitative estimate of drug-likeness (QED) is 0.833. The summed E-state index contributed by atoms with van der Waals surface area (Å²) in [6.45, 7) is 5.84. The SMILES string of the molecule is CCCC(C)Oc1cccc(F)c1[C@@H](C)N. The maximum atomic E-state index is 13.6. The highest BCUT2D eigenvalue weighted by Gasteiger charge is 2.15. The van der Waals surface area contributed by atoms with Crippen molar-refractivity contribution in [3.8, 4) is 5.75 Å². The lowest BCUT2D eigenvalue weighted by Gasteiger charge is -2.19. The largest absolute Gasteiger partial charge is 0.490 e. The van der Waals surface area contributed by atoms with Gasteiger partial charge in [-0.05, 0) is 32.4 Å². The van der Waals surface area contributed by atoms with Crippen LogP contribution in [-0.2, 0) is 0 Å². The van der Waals surface area contributed by atoms with Gasteiger partial charge >= 0.3 is 0 Å². The molecule has 1 unspecified atom stereocenters. The molecule has 1 aromatic carbocycles. The zero-order valence-corrected chi connectivity index (χ0v) is 10.2. The van der Waals surface area contributed by atoms with Crippen molar-refractivity contribution in [1.82, 2.24) is 0 Å². The molecule has 0 radical (unpaired) electrons. The van der Waals surface area contributed by atoms with Gasteiger partial charge in [-0.2, -0.15) is 0 Å². The molecule has 2 nitrogen and oxygen atoms in total. The first-order chi connectivity index (χ1) is 7.56. The summed E-state index contributed by atoms with van der Waals surface area (Å²) < 4.78 is 19.3. The molecule has 3 heteroatoms. The third-order valence-electron chi connectivity index (χ3n) is 2.49. The number of hydrogen-bond donors (Lipinski definition) is 1. The summed E-state index contributed by atoms with van der Waals surface area (Å²) >= 11 is 0. The van der Waals surface area contributed by atoms with Crippen LogP contribution in [0.1, 0.15) is 45.2 Å². The van der Waals surface area contributed by atoms with Crippen LogP contribution in [0.5, 0.6) is 5.75 Å². The summed E-state index contributed by atoms with van der Waals surface area (Å²) in [5.74, 6) is 0.271. The van der Waals surface area contributed by atoms with Gasteiger partial charge in [-0.3, -0.25) is 0 Å². The van der Waals surface area contributed by atoms with Crippen molar-refractivity contribution in [2.24, 2.45) is 5.73 Å². The summed E-state index contributed by atoms with van der Waals surface area (Å²) in [6.07, 6.45) is 2.09. The van der Waals surface area contributed by atoms with E-state index in [-0.39, 0.29) is 18.0 Å². The molecule has 2 N–H and O–H groups in total. The average Bonchev–Trinajstić information content (AvgIpc) is 2.17. The molecule has 1 rings (SSSR count). The molecule has 0 aliphatic carbocycles. The van der Waals surface area contributed by atoms with Crippen molar-refractivity contribution in [2.45, 2.75) is 45.8 Å². The minimum atomic E-state index is -0.356. The highest BCUT2D eigenvalue weighted by atomic mass is 19.1. The van der Waals surface area contributed by atoms with Gasteiger partial charge in [0.1, 0.15) is 11.6 Å². The molecule has 0 fully saturated rings. The van der Waals surface area contributed by atoms with E-state index in [0.29, 0.717) is 11.3 Å². The second-order valence-electron chi connectivity index (χ2n) is 4.16. The van der Waals surface area contributed by atoms with E-state index in [4.69, 9.17) is 10.5 Å². The van der Waals surface area contributed by atoms with Crippen molar-refractivity contribution in [3.63, 3.8) is 0 Å². The number of hydrogen-bond acceptors (Lipinski definition) is 2. The number of halogens is 1. The first-order valence-electron chi connectivity index (χ1n) is 5.76. The summed E-state index contributed by atoms with van der Waals surface area (Å²) in [4.78, 5) is 0. The monoisotopic (exact) mass is 225 g/mol. The maximum absolute atomic E-state index is 13.6. The molecule has 1 aromatic rings. The summed E-state index contributed by atoms with van der Waals surface area (Å²) in [7, 11) is 0. The van der Waals surface area contributed by atoms with E-state index < -0.39 is 0 Å². The molecule has 0 heterocycles. The van der Waals surface area contributed by atoms with Crippen LogP contribution in [0.15, 0.2) is 18.2 Å². The van der Waals surface area contributed by atoms with Crippen LogP contribution in [0.4, 0.5) is 4.39 Å². The second kappa shape index (κ2) is 5.85. The van der Waals surface area contributed by atoms with Crippen LogP contribution in [0, 0.1) is 5.82 Å². The van der Waals surface area contributed by atoms with Crippen LogP contribution >= 0.6 is 0 Å². The van der Waals surface area contributed by atoms with Crippen molar-refractivity contribution in [1.29, 1.82) is 0 Å². The lowest BCUT2D eigenvalue weighted by molar-refractivity contribution is 0.206. The predicted octanol–water partition coefficient (Wildman–Crippen LogP) is 3.41. The Morgan fingerprint density at radius 2 is 2.06 bits per heavy atom. The van der Waals surface area contributed by atoms with Crippen molar-refractivity contribution < 1.29 is 9.13 Å². The van der Waals surface area contributed by atoms with Crippen molar-refractivity contribution in [3.05, 3.63) is 29.6 Å². The molecule has 0 saturated heterocycles. The van der Waals surface area contributed by atoms with Gasteiger partial charge < -0.3 is 10.5 Å². The van der Waals surface area contributed by atoms with Gasteiger partial charge in [0, 0.05) is 11.6 Å². The summed E-state index contributed by atoms with van der Waals surface area (Å²) in [5.41, 5.74) is 6.21. The van der Waals surface area contributed by atoms with Gasteiger partial charge in [0.15, 0.2) is 0 Å². The van der Waals surface area contributed by atoms with E-state index in [0.717, 1.165) is 12.8 Å². The van der Waals surface area contributed by atoms with E-state index in [2.05, 4.69) is 6.92 Å². The lowest BCUT2D eigenvalue weighted by atomic mass is 10.1. The van der Waals surface area contributed by atoms with E-state index >= 15 is 0 Å². The molecule has 0 spiro atoms. The van der Waals surface area contributed by atoms with E-state index in [1.807, 2.05) is 6.92 Å². The predicted molar refractivity (Wildman–Crippen MR) is 64.0 cm³/mol. The smallest absolute Gasteiger partial charge is 0.131 e. The molecule has 0 saturated carbocycles. The van der Waals surface area contributed by atoms with Crippen LogP contribution in [-0.4, -0.2) is 6.10 Å². The molecular formula is C13H20FNO. The molecule has 16 heavy (non-hydrogen) atoms. The van der Waals surface area contributed by atoms with E-state index in [9.17, 15) is 4.39 Å². The molecule has 2 atom stereocenters. The van der Waals surface area contributed by atoms with Gasteiger partial charge in [0.25, 0.3) is 0 Å². The summed E-state index contributed by atoms with van der Waals surface area (Å²) in [5, 5.41) is 0. The van der Waals surface area contributed by atoms with E-state index in [1.54, 1.807) is 19.1 Å². The Hall–Kier alpha value is -1.09. The van der Waals surface area contributed by atoms with Crippen LogP contribution in [0.25, 0.3) is 0 Å². The highest BCUT2D eigenvalue weighted by molar-refractivity contribution is 5.36. The Kier molecular flexibility index (Phi) is 4.74. The topological polar surface area (TPSA) is 35.2 Å². The summed E-state index contributed by atoms with van der Waals surface area (Å²) in [6, 6.07) is 4.48. The Balaban J connectivity index is 2.90. The molecule has 0 aliphatic heterocycles. The number of rotatable bonds is 5. The van der Waals surface area contributed by atoms with Gasteiger partial charge in [-0.25, -0.2) is 4.39 Å². The number of benzene rings is 1. The fourth-order valence-electron chi connectivity index (χ4n) is 1.74. The Morgan fingerprint density at radius 1 is 1.38 bits per heavy atom. The van der Waals surface area contributed by atoms with Crippen molar-refractivity contribution in [2.75, 3.05) is 0 Å². The lowest BCUT2D eigenvalue weighted by Crippen LogP contribution is -2.16. The van der Waals surface area contributed by atoms with Crippen LogP contribution < -0.4 is 10.5 Å². The zero-order chi connectivity index (χ0) is 12.1. The fourth-order valence-corrected chi connectivity index (χ4v) is 1.74. The minimum Gasteiger partial charge on any atom is -0.490 e. The number of ether oxygens (including phenoxy) is 1.